The van der Waals surface area contributed by atoms with Crippen molar-refractivity contribution in [3.63, 3.8) is 0 Å². The zero-order valence-electron chi connectivity index (χ0n) is 12.5. The lowest BCUT2D eigenvalue weighted by atomic mass is 9.97. The first-order valence-corrected chi connectivity index (χ1v) is 7.31. The van der Waals surface area contributed by atoms with Crippen molar-refractivity contribution >= 4 is 17.5 Å². The van der Waals surface area contributed by atoms with Crippen molar-refractivity contribution in [1.29, 1.82) is 0 Å². The van der Waals surface area contributed by atoms with Gasteiger partial charge >= 0.3 is 6.18 Å². The van der Waals surface area contributed by atoms with Gasteiger partial charge in [0.05, 0.1) is 12.8 Å². The van der Waals surface area contributed by atoms with Crippen LogP contribution in [0.2, 0.25) is 0 Å². The van der Waals surface area contributed by atoms with Gasteiger partial charge in [-0.15, -0.1) is 0 Å². The van der Waals surface area contributed by atoms with Gasteiger partial charge in [0.25, 0.3) is 0 Å². The maximum absolute atomic E-state index is 12.2. The fraction of sp³-hybridized carbons (Fsp3) is 0.235. The molecule has 2 heterocycles. The van der Waals surface area contributed by atoms with E-state index in [2.05, 4.69) is 10.3 Å². The molecule has 3 rings (SSSR count). The average Bonchev–Trinajstić information content (AvgIpc) is 2.92. The zero-order valence-corrected chi connectivity index (χ0v) is 12.5. The fourth-order valence-electron chi connectivity index (χ4n) is 2.62. The topological polar surface area (TPSA) is 59.1 Å². The lowest BCUT2D eigenvalue weighted by Gasteiger charge is -2.08. The van der Waals surface area contributed by atoms with Crippen LogP contribution in [0.15, 0.2) is 36.5 Å². The van der Waals surface area contributed by atoms with Crippen molar-refractivity contribution in [1.82, 2.24) is 4.98 Å². The summed E-state index contributed by atoms with van der Waals surface area (Å²) in [5.41, 5.74) is 2.60. The van der Waals surface area contributed by atoms with E-state index in [1.165, 1.54) is 12.1 Å². The second kappa shape index (κ2) is 6.07. The molecule has 0 spiro atoms. The minimum absolute atomic E-state index is 0.135. The van der Waals surface area contributed by atoms with Gasteiger partial charge in [0.15, 0.2) is 5.78 Å². The Kier molecular flexibility index (Phi) is 4.09. The van der Waals surface area contributed by atoms with Crippen molar-refractivity contribution in [2.45, 2.75) is 25.4 Å². The Morgan fingerprint density at radius 1 is 1.17 bits per heavy atom. The Morgan fingerprint density at radius 3 is 2.54 bits per heavy atom. The number of anilines is 1. The number of hydrogen-bond acceptors (Lipinski definition) is 3. The molecule has 0 saturated carbocycles. The Labute approximate surface area is 135 Å². The molecular weight excluding hydrogens is 321 g/mol. The number of halogens is 3. The molecule has 1 aromatic carbocycles. The molecule has 1 aliphatic heterocycles. The first kappa shape index (κ1) is 16.2. The molecule has 2 aromatic rings. The summed E-state index contributed by atoms with van der Waals surface area (Å²) in [5.74, 6) is -0.164. The number of nitrogens with zero attached hydrogens (tertiary/aromatic N) is 1. The van der Waals surface area contributed by atoms with Crippen LogP contribution in [-0.2, 0) is 11.2 Å². The number of amides is 1. The molecular formula is C17H13F3N2O2. The standard InChI is InChI=1S/C17H13F3N2O2/c18-17(19,20)7-5-14(23)11-3-1-10(2-4-11)12-6-8-21-16-13(12)9-15(24)22-16/h1-4,6,8H,5,7,9H2,(H,21,22,24). The van der Waals surface area contributed by atoms with Crippen LogP contribution in [0.4, 0.5) is 19.0 Å². The minimum Gasteiger partial charge on any atom is -0.310 e. The second-order valence-electron chi connectivity index (χ2n) is 5.53. The summed E-state index contributed by atoms with van der Waals surface area (Å²) in [6.45, 7) is 0. The van der Waals surface area contributed by atoms with Crippen LogP contribution >= 0.6 is 0 Å². The van der Waals surface area contributed by atoms with Crippen molar-refractivity contribution in [2.75, 3.05) is 5.32 Å². The first-order valence-electron chi connectivity index (χ1n) is 7.31. The SMILES string of the molecule is O=C1Cc2c(-c3ccc(C(=O)CCC(F)(F)F)cc3)ccnc2N1. The van der Waals surface area contributed by atoms with Gasteiger partial charge in [0.2, 0.25) is 5.91 Å². The van der Waals surface area contributed by atoms with Gasteiger partial charge in [-0.1, -0.05) is 24.3 Å². The van der Waals surface area contributed by atoms with E-state index in [0.29, 0.717) is 5.82 Å². The van der Waals surface area contributed by atoms with Gasteiger partial charge in [-0.2, -0.15) is 13.2 Å². The number of ketones is 1. The summed E-state index contributed by atoms with van der Waals surface area (Å²) in [6.07, 6.45) is -4.23. The summed E-state index contributed by atoms with van der Waals surface area (Å²) < 4.78 is 36.6. The third-order valence-corrected chi connectivity index (χ3v) is 3.80. The predicted octanol–water partition coefficient (Wildman–Crippen LogP) is 3.77. The quantitative estimate of drug-likeness (QED) is 0.866. The number of pyridine rings is 1. The lowest BCUT2D eigenvalue weighted by molar-refractivity contribution is -0.133. The van der Waals surface area contributed by atoms with E-state index in [9.17, 15) is 22.8 Å². The Hall–Kier alpha value is -2.70. The van der Waals surface area contributed by atoms with Crippen LogP contribution in [-0.4, -0.2) is 22.9 Å². The number of nitrogens with one attached hydrogen (secondary N) is 1. The molecule has 4 nitrogen and oxygen atoms in total. The van der Waals surface area contributed by atoms with Crippen LogP contribution in [0.1, 0.15) is 28.8 Å². The van der Waals surface area contributed by atoms with E-state index in [1.807, 2.05) is 0 Å². The maximum atomic E-state index is 12.2. The summed E-state index contributed by atoms with van der Waals surface area (Å²) >= 11 is 0. The number of hydrogen-bond donors (Lipinski definition) is 1. The third kappa shape index (κ3) is 3.45. The van der Waals surface area contributed by atoms with Crippen molar-refractivity contribution in [3.8, 4) is 11.1 Å². The fourth-order valence-corrected chi connectivity index (χ4v) is 2.62. The summed E-state index contributed by atoms with van der Waals surface area (Å²) in [4.78, 5) is 27.4. The molecule has 0 fully saturated rings. The van der Waals surface area contributed by atoms with Gasteiger partial charge in [-0.25, -0.2) is 4.98 Å². The monoisotopic (exact) mass is 334 g/mol. The molecule has 0 aliphatic carbocycles. The minimum atomic E-state index is -4.34. The van der Waals surface area contributed by atoms with Gasteiger partial charge in [0.1, 0.15) is 5.82 Å². The van der Waals surface area contributed by atoms with Gasteiger partial charge in [0, 0.05) is 23.7 Å². The molecule has 0 saturated heterocycles. The number of benzene rings is 1. The van der Waals surface area contributed by atoms with E-state index in [-0.39, 0.29) is 17.9 Å². The number of carbonyl (C=O) groups is 2. The first-order chi connectivity index (χ1) is 11.3. The number of aromatic nitrogens is 1. The molecule has 0 atom stereocenters. The molecule has 0 bridgehead atoms. The summed E-state index contributed by atoms with van der Waals surface area (Å²) in [5, 5.41) is 2.66. The highest BCUT2D eigenvalue weighted by Crippen LogP contribution is 2.32. The van der Waals surface area contributed by atoms with E-state index < -0.39 is 24.8 Å². The Bertz CT molecular complexity index is 798. The van der Waals surface area contributed by atoms with Crippen molar-refractivity contribution in [2.24, 2.45) is 0 Å². The van der Waals surface area contributed by atoms with Crippen LogP contribution in [0.5, 0.6) is 0 Å². The summed E-state index contributed by atoms with van der Waals surface area (Å²) in [6, 6.07) is 8.11. The molecule has 1 aliphatic rings. The summed E-state index contributed by atoms with van der Waals surface area (Å²) in [7, 11) is 0. The second-order valence-corrected chi connectivity index (χ2v) is 5.53. The predicted molar refractivity (Wildman–Crippen MR) is 81.6 cm³/mol. The highest BCUT2D eigenvalue weighted by molar-refractivity contribution is 6.01. The molecule has 1 amide bonds. The number of fused-ring (bicyclic) bond motifs is 1. The number of carbonyl (C=O) groups excluding carboxylic acids is 2. The van der Waals surface area contributed by atoms with Crippen molar-refractivity contribution < 1.29 is 22.8 Å². The third-order valence-electron chi connectivity index (χ3n) is 3.80. The van der Waals surface area contributed by atoms with Gasteiger partial charge in [-0.3, -0.25) is 9.59 Å². The number of rotatable bonds is 4. The van der Waals surface area contributed by atoms with Crippen molar-refractivity contribution in [3.05, 3.63) is 47.7 Å². The molecule has 1 N–H and O–H groups in total. The van der Waals surface area contributed by atoms with Crippen LogP contribution < -0.4 is 5.32 Å². The van der Waals surface area contributed by atoms with E-state index in [0.717, 1.165) is 16.7 Å². The number of Topliss-reactive ketones (excluding diaryl/α,β-unsaturated/α-hetero) is 1. The zero-order chi connectivity index (χ0) is 17.3. The molecule has 7 heteroatoms. The Morgan fingerprint density at radius 2 is 1.88 bits per heavy atom. The molecule has 124 valence electrons. The largest absolute Gasteiger partial charge is 0.389 e. The molecule has 1 aromatic heterocycles. The molecule has 0 unspecified atom stereocenters. The van der Waals surface area contributed by atoms with Gasteiger partial charge in [-0.05, 0) is 17.2 Å². The Balaban J connectivity index is 1.80. The molecule has 0 radical (unpaired) electrons. The van der Waals surface area contributed by atoms with E-state index >= 15 is 0 Å². The average molecular weight is 334 g/mol. The smallest absolute Gasteiger partial charge is 0.310 e. The van der Waals surface area contributed by atoms with Crippen LogP contribution in [0.3, 0.4) is 0 Å². The normalized spacial score (nSPS) is 13.5. The van der Waals surface area contributed by atoms with E-state index in [4.69, 9.17) is 0 Å². The lowest BCUT2D eigenvalue weighted by Crippen LogP contribution is -2.10. The maximum Gasteiger partial charge on any atom is 0.389 e. The van der Waals surface area contributed by atoms with E-state index in [1.54, 1.807) is 24.4 Å². The van der Waals surface area contributed by atoms with Gasteiger partial charge < -0.3 is 5.32 Å². The van der Waals surface area contributed by atoms with Crippen LogP contribution in [0, 0.1) is 0 Å². The molecule has 24 heavy (non-hydrogen) atoms. The number of alkyl halides is 3. The highest BCUT2D eigenvalue weighted by atomic mass is 19.4. The highest BCUT2D eigenvalue weighted by Gasteiger charge is 2.28. The van der Waals surface area contributed by atoms with Crippen LogP contribution in [0.25, 0.3) is 11.1 Å².